The first-order valence-corrected chi connectivity index (χ1v) is 10.1. The summed E-state index contributed by atoms with van der Waals surface area (Å²) in [6, 6.07) is 23.3. The molecular weight excluding hydrogens is 416 g/mol. The lowest BCUT2D eigenvalue weighted by atomic mass is 10.0. The van der Waals surface area contributed by atoms with E-state index in [2.05, 4.69) is 0 Å². The molecule has 0 saturated carbocycles. The van der Waals surface area contributed by atoms with Gasteiger partial charge in [0.15, 0.2) is 6.10 Å². The third-order valence-electron chi connectivity index (χ3n) is 4.77. The zero-order valence-corrected chi connectivity index (χ0v) is 17.5. The Kier molecular flexibility index (Phi) is 6.05. The molecule has 5 nitrogen and oxygen atoms in total. The number of hydrogen-bond donors (Lipinski definition) is 0. The van der Waals surface area contributed by atoms with Crippen LogP contribution in [0.25, 0.3) is 22.1 Å². The quantitative estimate of drug-likeness (QED) is 0.291. The number of carbonyl (C=O) groups excluding carboxylic acids is 1. The summed E-state index contributed by atoms with van der Waals surface area (Å²) in [6.45, 7) is 1.65. The fraction of sp³-hybridized carbons (Fsp3) is 0.120. The van der Waals surface area contributed by atoms with E-state index in [9.17, 15) is 9.59 Å². The molecule has 156 valence electrons. The second-order valence-electron chi connectivity index (χ2n) is 6.96. The van der Waals surface area contributed by atoms with Crippen LogP contribution in [-0.4, -0.2) is 12.1 Å². The van der Waals surface area contributed by atoms with Crippen LogP contribution in [0.4, 0.5) is 0 Å². The maximum atomic E-state index is 12.3. The first kappa shape index (κ1) is 20.7. The SMILES string of the molecule is CC(Oc1ccc2c(-c3ccccc3)cc(=O)oc2c1)C(=O)OCc1ccccc1Cl. The molecule has 4 rings (SSSR count). The highest BCUT2D eigenvalue weighted by Crippen LogP contribution is 2.30. The molecule has 0 amide bonds. The Morgan fingerprint density at radius 2 is 1.74 bits per heavy atom. The summed E-state index contributed by atoms with van der Waals surface area (Å²) in [4.78, 5) is 24.4. The Balaban J connectivity index is 1.51. The van der Waals surface area contributed by atoms with E-state index >= 15 is 0 Å². The lowest BCUT2D eigenvalue weighted by Crippen LogP contribution is -2.26. The Morgan fingerprint density at radius 1 is 1.00 bits per heavy atom. The maximum Gasteiger partial charge on any atom is 0.347 e. The average molecular weight is 435 g/mol. The number of rotatable bonds is 6. The zero-order valence-electron chi connectivity index (χ0n) is 16.7. The molecule has 4 aromatic rings. The van der Waals surface area contributed by atoms with Gasteiger partial charge in [-0.05, 0) is 36.2 Å². The molecule has 0 radical (unpaired) electrons. The largest absolute Gasteiger partial charge is 0.479 e. The van der Waals surface area contributed by atoms with Crippen molar-refractivity contribution in [3.05, 3.63) is 99.9 Å². The van der Waals surface area contributed by atoms with Gasteiger partial charge in [0.25, 0.3) is 0 Å². The highest BCUT2D eigenvalue weighted by Gasteiger charge is 2.18. The molecule has 0 aliphatic rings. The highest BCUT2D eigenvalue weighted by molar-refractivity contribution is 6.31. The number of hydrogen-bond acceptors (Lipinski definition) is 5. The smallest absolute Gasteiger partial charge is 0.347 e. The van der Waals surface area contributed by atoms with Crippen LogP contribution in [0, 0.1) is 0 Å². The molecule has 0 N–H and O–H groups in total. The number of halogens is 1. The number of esters is 1. The summed E-state index contributed by atoms with van der Waals surface area (Å²) in [7, 11) is 0. The second-order valence-corrected chi connectivity index (χ2v) is 7.37. The molecule has 6 heteroatoms. The molecule has 0 aliphatic heterocycles. The molecule has 1 atom stereocenters. The third-order valence-corrected chi connectivity index (χ3v) is 5.14. The first-order chi connectivity index (χ1) is 15.0. The van der Waals surface area contributed by atoms with Crippen LogP contribution < -0.4 is 10.4 Å². The fourth-order valence-electron chi connectivity index (χ4n) is 3.21. The van der Waals surface area contributed by atoms with Gasteiger partial charge in [0.05, 0.1) is 0 Å². The zero-order chi connectivity index (χ0) is 21.8. The predicted octanol–water partition coefficient (Wildman–Crippen LogP) is 5.62. The minimum atomic E-state index is -0.857. The van der Waals surface area contributed by atoms with Crippen molar-refractivity contribution in [2.24, 2.45) is 0 Å². The molecule has 0 aliphatic carbocycles. The van der Waals surface area contributed by atoms with Gasteiger partial charge in [-0.25, -0.2) is 9.59 Å². The van der Waals surface area contributed by atoms with Crippen molar-refractivity contribution in [1.29, 1.82) is 0 Å². The summed E-state index contributed by atoms with van der Waals surface area (Å²) in [5, 5.41) is 1.30. The van der Waals surface area contributed by atoms with E-state index in [1.165, 1.54) is 6.07 Å². The monoisotopic (exact) mass is 434 g/mol. The van der Waals surface area contributed by atoms with E-state index in [0.29, 0.717) is 21.9 Å². The minimum Gasteiger partial charge on any atom is -0.479 e. The molecule has 0 fully saturated rings. The summed E-state index contributed by atoms with van der Waals surface area (Å²) < 4.78 is 16.4. The van der Waals surface area contributed by atoms with E-state index in [1.807, 2.05) is 36.4 Å². The van der Waals surface area contributed by atoms with E-state index < -0.39 is 17.7 Å². The van der Waals surface area contributed by atoms with Crippen molar-refractivity contribution < 1.29 is 18.7 Å². The molecule has 0 bridgehead atoms. The fourth-order valence-corrected chi connectivity index (χ4v) is 3.40. The molecule has 31 heavy (non-hydrogen) atoms. The maximum absolute atomic E-state index is 12.3. The van der Waals surface area contributed by atoms with Gasteiger partial charge in [-0.15, -0.1) is 0 Å². The van der Waals surface area contributed by atoms with Crippen LogP contribution in [0.15, 0.2) is 88.1 Å². The lowest BCUT2D eigenvalue weighted by Gasteiger charge is -2.15. The number of benzene rings is 3. The first-order valence-electron chi connectivity index (χ1n) is 9.71. The van der Waals surface area contributed by atoms with Crippen LogP contribution in [0.2, 0.25) is 5.02 Å². The van der Waals surface area contributed by atoms with Gasteiger partial charge in [-0.3, -0.25) is 0 Å². The topological polar surface area (TPSA) is 65.7 Å². The summed E-state index contributed by atoms with van der Waals surface area (Å²) in [5.41, 5.74) is 2.30. The van der Waals surface area contributed by atoms with Crippen LogP contribution in [0.5, 0.6) is 5.75 Å². The third kappa shape index (κ3) is 4.78. The van der Waals surface area contributed by atoms with Crippen molar-refractivity contribution in [1.82, 2.24) is 0 Å². The van der Waals surface area contributed by atoms with Crippen LogP contribution in [-0.2, 0) is 16.1 Å². The summed E-state index contributed by atoms with van der Waals surface area (Å²) in [5.74, 6) is -0.137. The molecule has 0 saturated heterocycles. The number of ether oxygens (including phenoxy) is 2. The Hall–Kier alpha value is -3.57. The van der Waals surface area contributed by atoms with Gasteiger partial charge >= 0.3 is 11.6 Å². The number of carbonyl (C=O) groups is 1. The van der Waals surface area contributed by atoms with Crippen molar-refractivity contribution in [3.8, 4) is 16.9 Å². The summed E-state index contributed by atoms with van der Waals surface area (Å²) in [6.07, 6.45) is -0.857. The minimum absolute atomic E-state index is 0.0548. The van der Waals surface area contributed by atoms with Crippen molar-refractivity contribution in [3.63, 3.8) is 0 Å². The average Bonchev–Trinajstić information content (AvgIpc) is 2.78. The van der Waals surface area contributed by atoms with Gasteiger partial charge in [0, 0.05) is 28.1 Å². The predicted molar refractivity (Wildman–Crippen MR) is 119 cm³/mol. The number of fused-ring (bicyclic) bond motifs is 1. The Bertz CT molecular complexity index is 1280. The van der Waals surface area contributed by atoms with E-state index in [4.69, 9.17) is 25.5 Å². The normalized spacial score (nSPS) is 11.8. The van der Waals surface area contributed by atoms with E-state index in [-0.39, 0.29) is 6.61 Å². The van der Waals surface area contributed by atoms with Crippen molar-refractivity contribution in [2.75, 3.05) is 0 Å². The standard InChI is InChI=1S/C25H19ClO5/c1-16(25(28)29-15-18-9-5-6-10-22(18)26)30-19-11-12-20-21(17-7-3-2-4-8-17)14-24(27)31-23(20)13-19/h2-14,16H,15H2,1H3. The van der Waals surface area contributed by atoms with Crippen molar-refractivity contribution >= 4 is 28.5 Å². The molecule has 3 aromatic carbocycles. The Morgan fingerprint density at radius 3 is 2.52 bits per heavy atom. The molecule has 1 aromatic heterocycles. The Labute approximate surface area is 183 Å². The van der Waals surface area contributed by atoms with Gasteiger partial charge in [0.2, 0.25) is 0 Å². The van der Waals surface area contributed by atoms with Gasteiger partial charge in [-0.1, -0.05) is 60.1 Å². The van der Waals surface area contributed by atoms with Crippen molar-refractivity contribution in [2.45, 2.75) is 19.6 Å². The van der Waals surface area contributed by atoms with Gasteiger partial charge in [0.1, 0.15) is 17.9 Å². The molecule has 1 heterocycles. The molecule has 1 unspecified atom stereocenters. The van der Waals surface area contributed by atoms with Crippen LogP contribution >= 0.6 is 11.6 Å². The lowest BCUT2D eigenvalue weighted by molar-refractivity contribution is -0.152. The second kappa shape index (κ2) is 9.06. The highest BCUT2D eigenvalue weighted by atomic mass is 35.5. The van der Waals surface area contributed by atoms with Crippen LogP contribution in [0.3, 0.4) is 0 Å². The summed E-state index contributed by atoms with van der Waals surface area (Å²) >= 11 is 6.08. The molecule has 0 spiro atoms. The molecular formula is C25H19ClO5. The van der Waals surface area contributed by atoms with Crippen LogP contribution in [0.1, 0.15) is 12.5 Å². The van der Waals surface area contributed by atoms with Gasteiger partial charge < -0.3 is 13.9 Å². The van der Waals surface area contributed by atoms with Gasteiger partial charge in [-0.2, -0.15) is 0 Å². The van der Waals surface area contributed by atoms with E-state index in [0.717, 1.165) is 16.5 Å². The van der Waals surface area contributed by atoms with E-state index in [1.54, 1.807) is 43.3 Å².